The number of methoxy groups -OCH3 is 1. The van der Waals surface area contributed by atoms with E-state index in [0.29, 0.717) is 12.1 Å². The molecule has 1 aliphatic heterocycles. The summed E-state index contributed by atoms with van der Waals surface area (Å²) in [7, 11) is 1.68. The molecule has 2 heterocycles. The van der Waals surface area contributed by atoms with E-state index < -0.39 is 0 Å². The molecule has 1 N–H and O–H groups in total. The number of fused-ring (bicyclic) bond motifs is 1. The van der Waals surface area contributed by atoms with Crippen LogP contribution in [0.2, 0.25) is 0 Å². The smallest absolute Gasteiger partial charge is 0.251 e. The van der Waals surface area contributed by atoms with Crippen LogP contribution in [0.25, 0.3) is 10.8 Å². The molecular weight excluding hydrogens is 426 g/mol. The fourth-order valence-electron chi connectivity index (χ4n) is 4.60. The molecule has 1 saturated heterocycles. The number of amides is 1. The zero-order chi connectivity index (χ0) is 23.3. The number of nitrogens with one attached hydrogen (secondary N) is 1. The maximum atomic E-state index is 13.0. The second-order valence-electron chi connectivity index (χ2n) is 8.52. The zero-order valence-corrected chi connectivity index (χ0v) is 19.3. The number of ether oxygens (including phenoxy) is 1. The number of benzene rings is 3. The van der Waals surface area contributed by atoms with Crippen LogP contribution in [0.5, 0.6) is 5.75 Å². The van der Waals surface area contributed by atoms with Crippen molar-refractivity contribution in [3.05, 3.63) is 96.4 Å². The van der Waals surface area contributed by atoms with E-state index in [-0.39, 0.29) is 11.9 Å². The van der Waals surface area contributed by atoms with Crippen molar-refractivity contribution in [1.82, 2.24) is 10.2 Å². The van der Waals surface area contributed by atoms with Crippen molar-refractivity contribution < 1.29 is 13.9 Å². The lowest BCUT2D eigenvalue weighted by atomic mass is 10.1. The van der Waals surface area contributed by atoms with Crippen LogP contribution in [0.4, 0.5) is 5.69 Å². The summed E-state index contributed by atoms with van der Waals surface area (Å²) in [5.41, 5.74) is 1.86. The van der Waals surface area contributed by atoms with Gasteiger partial charge >= 0.3 is 0 Å². The summed E-state index contributed by atoms with van der Waals surface area (Å²) in [6, 6.07) is 26.0. The van der Waals surface area contributed by atoms with Gasteiger partial charge in [-0.25, -0.2) is 0 Å². The van der Waals surface area contributed by atoms with Crippen LogP contribution >= 0.6 is 0 Å². The lowest BCUT2D eigenvalue weighted by molar-refractivity contribution is 0.0923. The van der Waals surface area contributed by atoms with Gasteiger partial charge in [-0.1, -0.05) is 30.3 Å². The van der Waals surface area contributed by atoms with Crippen LogP contribution < -0.4 is 15.0 Å². The average molecular weight is 456 g/mol. The molecule has 1 aliphatic rings. The zero-order valence-electron chi connectivity index (χ0n) is 19.3. The van der Waals surface area contributed by atoms with Gasteiger partial charge < -0.3 is 19.4 Å². The summed E-state index contributed by atoms with van der Waals surface area (Å²) in [6.45, 7) is 4.05. The summed E-state index contributed by atoms with van der Waals surface area (Å²) in [5, 5.41) is 5.33. The van der Waals surface area contributed by atoms with Gasteiger partial charge in [-0.15, -0.1) is 0 Å². The van der Waals surface area contributed by atoms with E-state index in [0.717, 1.165) is 48.5 Å². The number of furan rings is 1. The Bertz CT molecular complexity index is 1230. The number of hydrogen-bond acceptors (Lipinski definition) is 5. The normalized spacial score (nSPS) is 15.3. The fourth-order valence-corrected chi connectivity index (χ4v) is 4.60. The van der Waals surface area contributed by atoms with Crippen molar-refractivity contribution in [2.75, 3.05) is 44.7 Å². The monoisotopic (exact) mass is 455 g/mol. The first-order valence-electron chi connectivity index (χ1n) is 11.6. The summed E-state index contributed by atoms with van der Waals surface area (Å²) in [5.74, 6) is 1.67. The topological polar surface area (TPSA) is 58.0 Å². The van der Waals surface area contributed by atoms with Gasteiger partial charge in [-0.2, -0.15) is 0 Å². The molecule has 1 unspecified atom stereocenters. The Hall–Kier alpha value is -3.77. The molecule has 4 aromatic rings. The molecule has 34 heavy (non-hydrogen) atoms. The minimum absolute atomic E-state index is 0.0163. The van der Waals surface area contributed by atoms with Crippen molar-refractivity contribution in [2.45, 2.75) is 6.04 Å². The van der Waals surface area contributed by atoms with Gasteiger partial charge in [0.05, 0.1) is 19.4 Å². The van der Waals surface area contributed by atoms with Crippen molar-refractivity contribution in [2.24, 2.45) is 0 Å². The van der Waals surface area contributed by atoms with Crippen LogP contribution in [0.3, 0.4) is 0 Å². The van der Waals surface area contributed by atoms with Crippen LogP contribution in [-0.2, 0) is 0 Å². The Morgan fingerprint density at radius 3 is 2.41 bits per heavy atom. The van der Waals surface area contributed by atoms with E-state index in [2.05, 4.69) is 33.3 Å². The highest BCUT2D eigenvalue weighted by atomic mass is 16.5. The molecule has 3 aromatic carbocycles. The standard InChI is InChI=1S/C28H29N3O3/c1-33-25-12-10-24(11-13-25)30-14-16-31(17-15-30)26(27-7-4-18-34-27)20-29-28(32)23-9-8-21-5-2-3-6-22(21)19-23/h2-13,18-19,26H,14-17,20H2,1H3,(H,29,32). The van der Waals surface area contributed by atoms with Crippen LogP contribution in [-0.4, -0.2) is 50.6 Å². The third kappa shape index (κ3) is 4.77. The van der Waals surface area contributed by atoms with Gasteiger partial charge in [0.25, 0.3) is 5.91 Å². The minimum Gasteiger partial charge on any atom is -0.497 e. The summed E-state index contributed by atoms with van der Waals surface area (Å²) in [6.07, 6.45) is 1.70. The van der Waals surface area contributed by atoms with E-state index in [1.807, 2.05) is 60.7 Å². The van der Waals surface area contributed by atoms with Gasteiger partial charge in [0, 0.05) is 44.0 Å². The molecule has 6 nitrogen and oxygen atoms in total. The second-order valence-corrected chi connectivity index (χ2v) is 8.52. The molecule has 1 amide bonds. The Labute approximate surface area is 199 Å². The van der Waals surface area contributed by atoms with Gasteiger partial charge in [0.2, 0.25) is 0 Å². The van der Waals surface area contributed by atoms with E-state index >= 15 is 0 Å². The van der Waals surface area contributed by atoms with E-state index in [4.69, 9.17) is 9.15 Å². The molecule has 5 rings (SSSR count). The van der Waals surface area contributed by atoms with E-state index in [1.165, 1.54) is 5.69 Å². The van der Waals surface area contributed by atoms with Gasteiger partial charge in [-0.3, -0.25) is 9.69 Å². The van der Waals surface area contributed by atoms with E-state index in [9.17, 15) is 4.79 Å². The minimum atomic E-state index is -0.0702. The predicted molar refractivity (Wildman–Crippen MR) is 135 cm³/mol. The third-order valence-corrected chi connectivity index (χ3v) is 6.53. The predicted octanol–water partition coefficient (Wildman–Crippen LogP) is 4.73. The number of rotatable bonds is 7. The summed E-state index contributed by atoms with van der Waals surface area (Å²) < 4.78 is 11.0. The molecular formula is C28H29N3O3. The molecule has 1 fully saturated rings. The molecule has 0 spiro atoms. The Kier molecular flexibility index (Phi) is 6.49. The first kappa shape index (κ1) is 22.0. The number of piperazine rings is 1. The molecule has 1 atom stereocenters. The first-order valence-corrected chi connectivity index (χ1v) is 11.6. The van der Waals surface area contributed by atoms with Gasteiger partial charge in [0.1, 0.15) is 11.5 Å². The molecule has 6 heteroatoms. The molecule has 1 aromatic heterocycles. The molecule has 174 valence electrons. The Morgan fingerprint density at radius 2 is 1.71 bits per heavy atom. The average Bonchev–Trinajstić information content (AvgIpc) is 3.43. The molecule has 0 saturated carbocycles. The highest BCUT2D eigenvalue weighted by Crippen LogP contribution is 2.26. The maximum absolute atomic E-state index is 13.0. The van der Waals surface area contributed by atoms with Crippen molar-refractivity contribution in [3.8, 4) is 5.75 Å². The van der Waals surface area contributed by atoms with Crippen molar-refractivity contribution in [3.63, 3.8) is 0 Å². The maximum Gasteiger partial charge on any atom is 0.251 e. The lowest BCUT2D eigenvalue weighted by Crippen LogP contribution is -2.49. The SMILES string of the molecule is COc1ccc(N2CCN(C(CNC(=O)c3ccc4ccccc4c3)c3ccco3)CC2)cc1. The number of carbonyl (C=O) groups excluding carboxylic acids is 1. The van der Waals surface area contributed by atoms with Crippen molar-refractivity contribution >= 4 is 22.4 Å². The number of nitrogens with zero attached hydrogens (tertiary/aromatic N) is 2. The van der Waals surface area contributed by atoms with Gasteiger partial charge in [0.15, 0.2) is 0 Å². The molecule has 0 aliphatic carbocycles. The highest BCUT2D eigenvalue weighted by molar-refractivity contribution is 5.98. The van der Waals surface area contributed by atoms with Crippen LogP contribution in [0, 0.1) is 0 Å². The Morgan fingerprint density at radius 1 is 0.941 bits per heavy atom. The molecule has 0 radical (unpaired) electrons. The number of hydrogen-bond donors (Lipinski definition) is 1. The quantitative estimate of drug-likeness (QED) is 0.436. The summed E-state index contributed by atoms with van der Waals surface area (Å²) >= 11 is 0. The lowest BCUT2D eigenvalue weighted by Gasteiger charge is -2.39. The first-order chi connectivity index (χ1) is 16.7. The highest BCUT2D eigenvalue weighted by Gasteiger charge is 2.27. The van der Waals surface area contributed by atoms with E-state index in [1.54, 1.807) is 13.4 Å². The molecule has 0 bridgehead atoms. The summed E-state index contributed by atoms with van der Waals surface area (Å²) in [4.78, 5) is 17.7. The number of carbonyl (C=O) groups is 1. The van der Waals surface area contributed by atoms with Gasteiger partial charge in [-0.05, 0) is 59.3 Å². The largest absolute Gasteiger partial charge is 0.497 e. The Balaban J connectivity index is 1.24. The fraction of sp³-hybridized carbons (Fsp3) is 0.250. The van der Waals surface area contributed by atoms with Crippen LogP contribution in [0.1, 0.15) is 22.2 Å². The van der Waals surface area contributed by atoms with Crippen LogP contribution in [0.15, 0.2) is 89.5 Å². The van der Waals surface area contributed by atoms with Crippen molar-refractivity contribution in [1.29, 1.82) is 0 Å². The number of anilines is 1. The third-order valence-electron chi connectivity index (χ3n) is 6.53. The second kappa shape index (κ2) is 10.0.